The number of aromatic nitrogens is 1. The quantitative estimate of drug-likeness (QED) is 0.890. The minimum absolute atomic E-state index is 0.106. The molecule has 0 aliphatic rings. The average molecular weight is 302 g/mol. The van der Waals surface area contributed by atoms with Gasteiger partial charge in [-0.15, -0.1) is 0 Å². The number of nitrogens with zero attached hydrogens (tertiary/aromatic N) is 1. The van der Waals surface area contributed by atoms with Gasteiger partial charge < -0.3 is 14.6 Å². The average Bonchev–Trinajstić information content (AvgIpc) is 2.91. The summed E-state index contributed by atoms with van der Waals surface area (Å²) in [6.45, 7) is 6.11. The highest BCUT2D eigenvalue weighted by molar-refractivity contribution is 5.96. The summed E-state index contributed by atoms with van der Waals surface area (Å²) >= 11 is 0. The standard InChI is InChI=1S/C17H22N2O3/c1-11(2)16-15(12(3)19-22-16)17(20)18-10-14(21-4)13-8-6-5-7-9-13/h5-9,11,14H,10H2,1-4H3,(H,18,20)/t14-/m1/s1. The van der Waals surface area contributed by atoms with Crippen LogP contribution in [0, 0.1) is 6.92 Å². The van der Waals surface area contributed by atoms with Gasteiger partial charge in [0.2, 0.25) is 0 Å². The van der Waals surface area contributed by atoms with Crippen LogP contribution in [-0.2, 0) is 4.74 Å². The van der Waals surface area contributed by atoms with Crippen molar-refractivity contribution in [2.24, 2.45) is 0 Å². The molecule has 1 heterocycles. The van der Waals surface area contributed by atoms with Crippen molar-refractivity contribution in [1.29, 1.82) is 0 Å². The fraction of sp³-hybridized carbons (Fsp3) is 0.412. The highest BCUT2D eigenvalue weighted by Crippen LogP contribution is 2.22. The van der Waals surface area contributed by atoms with Crippen molar-refractivity contribution in [1.82, 2.24) is 10.5 Å². The van der Waals surface area contributed by atoms with Gasteiger partial charge in [-0.3, -0.25) is 4.79 Å². The summed E-state index contributed by atoms with van der Waals surface area (Å²) in [7, 11) is 1.63. The van der Waals surface area contributed by atoms with Gasteiger partial charge in [0.25, 0.3) is 5.91 Å². The highest BCUT2D eigenvalue weighted by atomic mass is 16.5. The maximum absolute atomic E-state index is 12.4. The lowest BCUT2D eigenvalue weighted by Crippen LogP contribution is -2.30. The van der Waals surface area contributed by atoms with Crippen LogP contribution in [0.5, 0.6) is 0 Å². The number of hydrogen-bond donors (Lipinski definition) is 1. The molecule has 1 atom stereocenters. The van der Waals surface area contributed by atoms with Gasteiger partial charge in [0.05, 0.1) is 11.8 Å². The van der Waals surface area contributed by atoms with Gasteiger partial charge in [0, 0.05) is 19.6 Å². The Labute approximate surface area is 130 Å². The number of carbonyl (C=O) groups is 1. The maximum atomic E-state index is 12.4. The molecule has 0 radical (unpaired) electrons. The lowest BCUT2D eigenvalue weighted by molar-refractivity contribution is 0.0825. The molecular formula is C17H22N2O3. The molecule has 5 heteroatoms. The van der Waals surface area contributed by atoms with Crippen LogP contribution >= 0.6 is 0 Å². The Morgan fingerprint density at radius 1 is 1.32 bits per heavy atom. The molecule has 0 aliphatic carbocycles. The van der Waals surface area contributed by atoms with Crippen molar-refractivity contribution in [3.05, 3.63) is 52.9 Å². The van der Waals surface area contributed by atoms with Crippen LogP contribution in [0.2, 0.25) is 0 Å². The van der Waals surface area contributed by atoms with Crippen LogP contribution in [0.1, 0.15) is 53.2 Å². The number of benzene rings is 1. The molecule has 1 aromatic carbocycles. The monoisotopic (exact) mass is 302 g/mol. The molecule has 118 valence electrons. The first-order valence-electron chi connectivity index (χ1n) is 7.36. The van der Waals surface area contributed by atoms with Gasteiger partial charge in [-0.2, -0.15) is 0 Å². The summed E-state index contributed by atoms with van der Waals surface area (Å²) in [5.74, 6) is 0.540. The van der Waals surface area contributed by atoms with Crippen LogP contribution in [0.25, 0.3) is 0 Å². The molecule has 2 aromatic rings. The molecule has 0 bridgehead atoms. The Morgan fingerprint density at radius 3 is 2.59 bits per heavy atom. The second kappa shape index (κ2) is 7.22. The van der Waals surface area contributed by atoms with Crippen molar-refractivity contribution in [2.45, 2.75) is 32.8 Å². The van der Waals surface area contributed by atoms with Crippen LogP contribution < -0.4 is 5.32 Å². The smallest absolute Gasteiger partial charge is 0.256 e. The highest BCUT2D eigenvalue weighted by Gasteiger charge is 2.23. The van der Waals surface area contributed by atoms with Gasteiger partial charge >= 0.3 is 0 Å². The lowest BCUT2D eigenvalue weighted by Gasteiger charge is -2.16. The van der Waals surface area contributed by atoms with Crippen LogP contribution in [0.15, 0.2) is 34.9 Å². The van der Waals surface area contributed by atoms with Crippen LogP contribution in [0.4, 0.5) is 0 Å². The lowest BCUT2D eigenvalue weighted by atomic mass is 10.0. The topological polar surface area (TPSA) is 64.4 Å². The van der Waals surface area contributed by atoms with E-state index in [-0.39, 0.29) is 17.9 Å². The van der Waals surface area contributed by atoms with E-state index in [1.807, 2.05) is 44.2 Å². The van der Waals surface area contributed by atoms with Gasteiger partial charge in [-0.25, -0.2) is 0 Å². The van der Waals surface area contributed by atoms with E-state index < -0.39 is 0 Å². The molecule has 22 heavy (non-hydrogen) atoms. The molecule has 0 aliphatic heterocycles. The molecule has 0 saturated carbocycles. The van der Waals surface area contributed by atoms with Gasteiger partial charge in [-0.1, -0.05) is 49.3 Å². The molecule has 5 nitrogen and oxygen atoms in total. The summed E-state index contributed by atoms with van der Waals surface area (Å²) in [5, 5.41) is 6.80. The minimum atomic E-state index is -0.187. The molecule has 1 N–H and O–H groups in total. The Balaban J connectivity index is 2.08. The first-order chi connectivity index (χ1) is 10.5. The summed E-state index contributed by atoms with van der Waals surface area (Å²) in [5.41, 5.74) is 2.16. The van der Waals surface area contributed by atoms with Crippen LogP contribution in [0.3, 0.4) is 0 Å². The number of methoxy groups -OCH3 is 1. The fourth-order valence-corrected chi connectivity index (χ4v) is 2.34. The molecule has 0 saturated heterocycles. The second-order valence-corrected chi connectivity index (χ2v) is 5.51. The molecule has 1 amide bonds. The number of nitrogens with one attached hydrogen (secondary N) is 1. The SMILES string of the molecule is CO[C@H](CNC(=O)c1c(C)noc1C(C)C)c1ccccc1. The molecule has 0 spiro atoms. The molecular weight excluding hydrogens is 280 g/mol. The third kappa shape index (κ3) is 3.54. The van der Waals surface area contributed by atoms with E-state index in [1.54, 1.807) is 14.0 Å². The van der Waals surface area contributed by atoms with Crippen LogP contribution in [-0.4, -0.2) is 24.7 Å². The fourth-order valence-electron chi connectivity index (χ4n) is 2.34. The third-order valence-corrected chi connectivity index (χ3v) is 3.54. The van der Waals surface area contributed by atoms with E-state index in [9.17, 15) is 4.79 Å². The maximum Gasteiger partial charge on any atom is 0.256 e. The summed E-state index contributed by atoms with van der Waals surface area (Å²) in [6.07, 6.45) is -0.187. The van der Waals surface area contributed by atoms with Crippen molar-refractivity contribution >= 4 is 5.91 Å². The number of rotatable bonds is 6. The summed E-state index contributed by atoms with van der Waals surface area (Å²) in [6, 6.07) is 9.80. The minimum Gasteiger partial charge on any atom is -0.375 e. The zero-order valence-corrected chi connectivity index (χ0v) is 13.4. The number of hydrogen-bond acceptors (Lipinski definition) is 4. The zero-order chi connectivity index (χ0) is 16.1. The molecule has 2 rings (SSSR count). The molecule has 0 fully saturated rings. The van der Waals surface area contributed by atoms with Gasteiger partial charge in [-0.05, 0) is 12.5 Å². The Kier molecular flexibility index (Phi) is 5.33. The van der Waals surface area contributed by atoms with Gasteiger partial charge in [0.1, 0.15) is 5.56 Å². The Bertz CT molecular complexity index is 620. The third-order valence-electron chi connectivity index (χ3n) is 3.54. The normalized spacial score (nSPS) is 12.4. The van der Waals surface area contributed by atoms with E-state index in [0.717, 1.165) is 5.56 Å². The van der Waals surface area contributed by atoms with Gasteiger partial charge in [0.15, 0.2) is 5.76 Å². The number of carbonyl (C=O) groups excluding carboxylic acids is 1. The largest absolute Gasteiger partial charge is 0.375 e. The Morgan fingerprint density at radius 2 is 2.00 bits per heavy atom. The van der Waals surface area contributed by atoms with E-state index in [2.05, 4.69) is 10.5 Å². The summed E-state index contributed by atoms with van der Waals surface area (Å²) in [4.78, 5) is 12.4. The first-order valence-corrected chi connectivity index (χ1v) is 7.36. The number of aryl methyl sites for hydroxylation is 1. The predicted octanol–water partition coefficient (Wildman–Crippen LogP) is 3.22. The zero-order valence-electron chi connectivity index (χ0n) is 13.4. The first kappa shape index (κ1) is 16.2. The predicted molar refractivity (Wildman–Crippen MR) is 83.9 cm³/mol. The van der Waals surface area contributed by atoms with Crippen molar-refractivity contribution < 1.29 is 14.1 Å². The Hall–Kier alpha value is -2.14. The summed E-state index contributed by atoms with van der Waals surface area (Å²) < 4.78 is 10.7. The number of ether oxygens (including phenoxy) is 1. The van der Waals surface area contributed by atoms with Crippen molar-refractivity contribution in [2.75, 3.05) is 13.7 Å². The van der Waals surface area contributed by atoms with E-state index >= 15 is 0 Å². The van der Waals surface area contributed by atoms with E-state index in [0.29, 0.717) is 23.6 Å². The van der Waals surface area contributed by atoms with E-state index in [4.69, 9.17) is 9.26 Å². The van der Waals surface area contributed by atoms with Crippen molar-refractivity contribution in [3.63, 3.8) is 0 Å². The molecule has 1 aromatic heterocycles. The van der Waals surface area contributed by atoms with Crippen molar-refractivity contribution in [3.8, 4) is 0 Å². The van der Waals surface area contributed by atoms with E-state index in [1.165, 1.54) is 0 Å². The second-order valence-electron chi connectivity index (χ2n) is 5.51. The number of amides is 1. The molecule has 0 unspecified atom stereocenters.